The molecule has 0 saturated carbocycles. The van der Waals surface area contributed by atoms with Crippen molar-refractivity contribution in [2.75, 3.05) is 20.1 Å². The smallest absolute Gasteiger partial charge is 0.191 e. The highest BCUT2D eigenvalue weighted by molar-refractivity contribution is 5.79. The third-order valence-electron chi connectivity index (χ3n) is 3.97. The molecule has 0 aliphatic heterocycles. The molecule has 0 bridgehead atoms. The molecule has 0 saturated heterocycles. The Balaban J connectivity index is 1.97. The van der Waals surface area contributed by atoms with Gasteiger partial charge in [-0.25, -0.2) is 4.68 Å². The highest BCUT2D eigenvalue weighted by Gasteiger charge is 2.10. The van der Waals surface area contributed by atoms with Crippen LogP contribution in [0.4, 0.5) is 0 Å². The molecule has 6 heteroatoms. The van der Waals surface area contributed by atoms with Crippen molar-refractivity contribution in [3.63, 3.8) is 0 Å². The van der Waals surface area contributed by atoms with E-state index in [2.05, 4.69) is 78.0 Å². The Kier molecular flexibility index (Phi) is 6.80. The van der Waals surface area contributed by atoms with Gasteiger partial charge in [-0.05, 0) is 52.3 Å². The summed E-state index contributed by atoms with van der Waals surface area (Å²) in [7, 11) is 1.79. The summed E-state index contributed by atoms with van der Waals surface area (Å²) in [6, 6.07) is 10.4. The van der Waals surface area contributed by atoms with Gasteiger partial charge in [-0.1, -0.05) is 18.2 Å². The van der Waals surface area contributed by atoms with Gasteiger partial charge in [0.25, 0.3) is 0 Å². The van der Waals surface area contributed by atoms with Gasteiger partial charge in [0, 0.05) is 37.9 Å². The van der Waals surface area contributed by atoms with E-state index in [9.17, 15) is 0 Å². The van der Waals surface area contributed by atoms with E-state index >= 15 is 0 Å². The van der Waals surface area contributed by atoms with Crippen LogP contribution in [0.15, 0.2) is 35.3 Å². The van der Waals surface area contributed by atoms with Crippen LogP contribution >= 0.6 is 0 Å². The number of benzene rings is 1. The molecule has 0 spiro atoms. The number of aryl methyl sites for hydroxylation is 2. The summed E-state index contributed by atoms with van der Waals surface area (Å²) < 4.78 is 2.00. The lowest BCUT2D eigenvalue weighted by atomic mass is 10.1. The van der Waals surface area contributed by atoms with Crippen molar-refractivity contribution in [2.24, 2.45) is 4.99 Å². The summed E-state index contributed by atoms with van der Waals surface area (Å²) in [6.45, 7) is 13.0. The highest BCUT2D eigenvalue weighted by Crippen LogP contribution is 2.16. The summed E-state index contributed by atoms with van der Waals surface area (Å²) >= 11 is 0. The minimum absolute atomic E-state index is 0.122. The highest BCUT2D eigenvalue weighted by atomic mass is 15.3. The second kappa shape index (κ2) is 8.85. The van der Waals surface area contributed by atoms with Gasteiger partial charge >= 0.3 is 0 Å². The second-order valence-corrected chi connectivity index (χ2v) is 7.50. The molecule has 0 aliphatic carbocycles. The molecule has 26 heavy (non-hydrogen) atoms. The van der Waals surface area contributed by atoms with Crippen LogP contribution in [0.3, 0.4) is 0 Å². The number of hydrogen-bond donors (Lipinski definition) is 3. The van der Waals surface area contributed by atoms with Crippen molar-refractivity contribution in [1.82, 2.24) is 25.7 Å². The van der Waals surface area contributed by atoms with E-state index in [1.54, 1.807) is 7.05 Å². The Morgan fingerprint density at radius 3 is 2.46 bits per heavy atom. The Morgan fingerprint density at radius 2 is 1.85 bits per heavy atom. The third kappa shape index (κ3) is 5.88. The van der Waals surface area contributed by atoms with Crippen LogP contribution in [0.25, 0.3) is 5.69 Å². The molecule has 0 aliphatic rings. The largest absolute Gasteiger partial charge is 0.355 e. The number of nitrogens with zero attached hydrogens (tertiary/aromatic N) is 3. The van der Waals surface area contributed by atoms with Gasteiger partial charge in [-0.2, -0.15) is 5.10 Å². The molecule has 0 atom stereocenters. The van der Waals surface area contributed by atoms with Crippen LogP contribution in [0.1, 0.15) is 37.7 Å². The lowest BCUT2D eigenvalue weighted by Crippen LogP contribution is -2.44. The summed E-state index contributed by atoms with van der Waals surface area (Å²) in [4.78, 5) is 4.31. The Morgan fingerprint density at radius 1 is 1.12 bits per heavy atom. The first-order valence-corrected chi connectivity index (χ1v) is 9.11. The maximum atomic E-state index is 4.61. The van der Waals surface area contributed by atoms with Crippen molar-refractivity contribution in [1.29, 1.82) is 0 Å². The van der Waals surface area contributed by atoms with Crippen LogP contribution in [0, 0.1) is 13.8 Å². The zero-order valence-corrected chi connectivity index (χ0v) is 16.8. The van der Waals surface area contributed by atoms with E-state index < -0.39 is 0 Å². The van der Waals surface area contributed by atoms with Crippen LogP contribution in [0.5, 0.6) is 0 Å². The zero-order chi connectivity index (χ0) is 19.2. The SMILES string of the molecule is CN=C(NCCNC(C)(C)C)NCc1ccccc1-n1nc(C)cc1C. The predicted molar refractivity (Wildman–Crippen MR) is 109 cm³/mol. The van der Waals surface area contributed by atoms with E-state index in [0.717, 1.165) is 36.1 Å². The molecule has 0 unspecified atom stereocenters. The van der Waals surface area contributed by atoms with E-state index in [4.69, 9.17) is 0 Å². The quantitative estimate of drug-likeness (QED) is 0.423. The molecule has 0 fully saturated rings. The molecule has 2 aromatic rings. The number of rotatable bonds is 6. The average molecular weight is 357 g/mol. The molecule has 1 aromatic carbocycles. The van der Waals surface area contributed by atoms with Gasteiger partial charge in [-0.15, -0.1) is 0 Å². The van der Waals surface area contributed by atoms with Crippen molar-refractivity contribution >= 4 is 5.96 Å². The number of para-hydroxylation sites is 1. The molecule has 3 N–H and O–H groups in total. The normalized spacial score (nSPS) is 12.3. The fourth-order valence-electron chi connectivity index (χ4n) is 2.76. The fourth-order valence-corrected chi connectivity index (χ4v) is 2.76. The van der Waals surface area contributed by atoms with E-state index in [-0.39, 0.29) is 5.54 Å². The number of nitrogens with one attached hydrogen (secondary N) is 3. The summed E-state index contributed by atoms with van der Waals surface area (Å²) in [5.41, 5.74) is 4.54. The molecule has 0 amide bonds. The molecular formula is C20H32N6. The molecule has 1 aromatic heterocycles. The van der Waals surface area contributed by atoms with E-state index in [1.165, 1.54) is 5.56 Å². The molecule has 142 valence electrons. The Labute approximate surface area is 157 Å². The van der Waals surface area contributed by atoms with E-state index in [0.29, 0.717) is 6.54 Å². The van der Waals surface area contributed by atoms with Gasteiger partial charge in [0.1, 0.15) is 0 Å². The summed E-state index contributed by atoms with van der Waals surface area (Å²) in [5, 5.41) is 14.8. The van der Waals surface area contributed by atoms with Crippen LogP contribution in [-0.2, 0) is 6.54 Å². The molecule has 0 radical (unpaired) electrons. The minimum Gasteiger partial charge on any atom is -0.355 e. The van der Waals surface area contributed by atoms with Crippen molar-refractivity contribution in [3.05, 3.63) is 47.3 Å². The van der Waals surface area contributed by atoms with Crippen LogP contribution in [0.2, 0.25) is 0 Å². The van der Waals surface area contributed by atoms with Gasteiger partial charge in [0.15, 0.2) is 5.96 Å². The minimum atomic E-state index is 0.122. The maximum Gasteiger partial charge on any atom is 0.191 e. The first kappa shape index (κ1) is 20.0. The van der Waals surface area contributed by atoms with Crippen LogP contribution in [-0.4, -0.2) is 41.4 Å². The van der Waals surface area contributed by atoms with Gasteiger partial charge in [-0.3, -0.25) is 4.99 Å². The standard InChI is InChI=1S/C20H32N6/c1-15-13-16(2)26(25-15)18-10-8-7-9-17(18)14-23-19(21-6)22-11-12-24-20(3,4)5/h7-10,13,24H,11-12,14H2,1-6H3,(H2,21,22,23). The third-order valence-corrected chi connectivity index (χ3v) is 3.97. The van der Waals surface area contributed by atoms with Crippen molar-refractivity contribution < 1.29 is 0 Å². The maximum absolute atomic E-state index is 4.61. The Hall–Kier alpha value is -2.34. The number of aliphatic imine (C=N–C) groups is 1. The Bertz CT molecular complexity index is 739. The van der Waals surface area contributed by atoms with Crippen molar-refractivity contribution in [3.8, 4) is 5.69 Å². The number of hydrogen-bond acceptors (Lipinski definition) is 3. The molecule has 2 rings (SSSR count). The zero-order valence-electron chi connectivity index (χ0n) is 16.8. The topological polar surface area (TPSA) is 66.3 Å². The summed E-state index contributed by atoms with van der Waals surface area (Å²) in [5.74, 6) is 0.795. The van der Waals surface area contributed by atoms with Gasteiger partial charge in [0.2, 0.25) is 0 Å². The number of aromatic nitrogens is 2. The van der Waals surface area contributed by atoms with Gasteiger partial charge in [0.05, 0.1) is 11.4 Å². The van der Waals surface area contributed by atoms with Gasteiger partial charge < -0.3 is 16.0 Å². The predicted octanol–water partition coefficient (Wildman–Crippen LogP) is 2.54. The molecular weight excluding hydrogens is 324 g/mol. The first-order valence-electron chi connectivity index (χ1n) is 9.11. The van der Waals surface area contributed by atoms with Crippen molar-refractivity contribution in [2.45, 2.75) is 46.7 Å². The second-order valence-electron chi connectivity index (χ2n) is 7.50. The van der Waals surface area contributed by atoms with E-state index in [1.807, 2.05) is 17.7 Å². The average Bonchev–Trinajstić information content (AvgIpc) is 2.92. The monoisotopic (exact) mass is 356 g/mol. The lowest BCUT2D eigenvalue weighted by Gasteiger charge is -2.21. The summed E-state index contributed by atoms with van der Waals surface area (Å²) in [6.07, 6.45) is 0. The fraction of sp³-hybridized carbons (Fsp3) is 0.500. The number of guanidine groups is 1. The van der Waals surface area contributed by atoms with Crippen LogP contribution < -0.4 is 16.0 Å². The lowest BCUT2D eigenvalue weighted by molar-refractivity contribution is 0.428. The molecule has 6 nitrogen and oxygen atoms in total. The first-order chi connectivity index (χ1) is 12.3. The molecule has 1 heterocycles.